The predicted octanol–water partition coefficient (Wildman–Crippen LogP) is 2.74. The fourth-order valence-corrected chi connectivity index (χ4v) is 2.94. The van der Waals surface area contributed by atoms with Crippen LogP contribution in [0.3, 0.4) is 0 Å². The number of rotatable bonds is 2. The summed E-state index contributed by atoms with van der Waals surface area (Å²) in [5.74, 6) is 0. The Morgan fingerprint density at radius 3 is 2.16 bits per heavy atom. The van der Waals surface area contributed by atoms with Gasteiger partial charge in [0.05, 0.1) is 0 Å². The van der Waals surface area contributed by atoms with Gasteiger partial charge in [0.2, 0.25) is 0 Å². The lowest BCUT2D eigenvalue weighted by molar-refractivity contribution is 0.204. The van der Waals surface area contributed by atoms with Crippen molar-refractivity contribution in [1.29, 1.82) is 0 Å². The lowest BCUT2D eigenvalue weighted by Gasteiger charge is -2.31. The van der Waals surface area contributed by atoms with Gasteiger partial charge in [-0.15, -0.1) is 0 Å². The number of urea groups is 1. The van der Waals surface area contributed by atoms with E-state index in [0.29, 0.717) is 12.1 Å². The Hall–Kier alpha value is -0.770. The molecule has 0 bridgehead atoms. The Morgan fingerprint density at radius 1 is 0.947 bits per heavy atom. The number of nitrogens with one attached hydrogen (secondary N) is 2. The molecule has 1 atom stereocenters. The van der Waals surface area contributed by atoms with E-state index in [1.807, 2.05) is 13.8 Å². The Kier molecular flexibility index (Phi) is 7.87. The molecule has 2 N–H and O–H groups in total. The highest BCUT2D eigenvalue weighted by Crippen LogP contribution is 2.17. The standard InChI is InChI=1S/C13H25N3O.C2H6/c1-16-9-5-8-12(10-16)15-13(17)14-11-6-3-2-4-7-11;1-2/h11-12H,2-10H2,1H3,(H2,14,15,17);1-2H3/t12-;/m1./s1. The van der Waals surface area contributed by atoms with Gasteiger partial charge < -0.3 is 15.5 Å². The van der Waals surface area contributed by atoms with Crippen LogP contribution in [0.2, 0.25) is 0 Å². The molecule has 2 amide bonds. The first-order valence-electron chi connectivity index (χ1n) is 7.99. The maximum Gasteiger partial charge on any atom is 0.315 e. The van der Waals surface area contributed by atoms with Crippen LogP contribution < -0.4 is 10.6 Å². The zero-order valence-electron chi connectivity index (χ0n) is 12.9. The molecular weight excluding hydrogens is 238 g/mol. The molecule has 2 fully saturated rings. The smallest absolute Gasteiger partial charge is 0.315 e. The summed E-state index contributed by atoms with van der Waals surface area (Å²) in [6, 6.07) is 0.777. The number of likely N-dealkylation sites (N-methyl/N-ethyl adjacent to an activating group) is 1. The van der Waals surface area contributed by atoms with Gasteiger partial charge in [-0.3, -0.25) is 0 Å². The van der Waals surface area contributed by atoms with Crippen LogP contribution in [0.5, 0.6) is 0 Å². The van der Waals surface area contributed by atoms with Gasteiger partial charge in [-0.2, -0.15) is 0 Å². The second-order valence-corrected chi connectivity index (χ2v) is 5.55. The van der Waals surface area contributed by atoms with Crippen molar-refractivity contribution in [3.05, 3.63) is 0 Å². The summed E-state index contributed by atoms with van der Waals surface area (Å²) >= 11 is 0. The highest BCUT2D eigenvalue weighted by atomic mass is 16.2. The van der Waals surface area contributed by atoms with E-state index < -0.39 is 0 Å². The predicted molar refractivity (Wildman–Crippen MR) is 80.4 cm³/mol. The van der Waals surface area contributed by atoms with Gasteiger partial charge in [-0.05, 0) is 39.3 Å². The molecule has 4 nitrogen and oxygen atoms in total. The molecular formula is C15H31N3O. The average Bonchev–Trinajstić information content (AvgIpc) is 2.42. The molecule has 19 heavy (non-hydrogen) atoms. The summed E-state index contributed by atoms with van der Waals surface area (Å²) in [6.45, 7) is 6.14. The van der Waals surface area contributed by atoms with Crippen molar-refractivity contribution >= 4 is 6.03 Å². The van der Waals surface area contributed by atoms with Crippen LogP contribution in [0.4, 0.5) is 4.79 Å². The molecule has 1 heterocycles. The molecule has 4 heteroatoms. The minimum atomic E-state index is 0.0391. The van der Waals surface area contributed by atoms with E-state index in [-0.39, 0.29) is 6.03 Å². The summed E-state index contributed by atoms with van der Waals surface area (Å²) in [6.07, 6.45) is 8.45. The average molecular weight is 269 g/mol. The third-order valence-corrected chi connectivity index (χ3v) is 3.90. The first-order valence-corrected chi connectivity index (χ1v) is 7.99. The SMILES string of the molecule is CC.CN1CCC[C@@H](NC(=O)NC2CCCCC2)C1. The fourth-order valence-electron chi connectivity index (χ4n) is 2.94. The minimum absolute atomic E-state index is 0.0391. The van der Waals surface area contributed by atoms with Crippen molar-refractivity contribution in [2.45, 2.75) is 70.9 Å². The number of likely N-dealkylation sites (tertiary alicyclic amines) is 1. The van der Waals surface area contributed by atoms with Crippen molar-refractivity contribution < 1.29 is 4.79 Å². The number of carbonyl (C=O) groups excluding carboxylic acids is 1. The van der Waals surface area contributed by atoms with Crippen LogP contribution in [0.15, 0.2) is 0 Å². The van der Waals surface area contributed by atoms with Gasteiger partial charge in [0, 0.05) is 18.6 Å². The maximum atomic E-state index is 11.8. The van der Waals surface area contributed by atoms with Crippen LogP contribution in [0.25, 0.3) is 0 Å². The van der Waals surface area contributed by atoms with Gasteiger partial charge in [-0.1, -0.05) is 33.1 Å². The highest BCUT2D eigenvalue weighted by Gasteiger charge is 2.21. The van der Waals surface area contributed by atoms with E-state index in [0.717, 1.165) is 32.4 Å². The van der Waals surface area contributed by atoms with Crippen molar-refractivity contribution in [1.82, 2.24) is 15.5 Å². The highest BCUT2D eigenvalue weighted by molar-refractivity contribution is 5.74. The Bertz CT molecular complexity index is 252. The van der Waals surface area contributed by atoms with Crippen molar-refractivity contribution in [3.63, 3.8) is 0 Å². The van der Waals surface area contributed by atoms with Gasteiger partial charge in [0.1, 0.15) is 0 Å². The second kappa shape index (κ2) is 9.18. The van der Waals surface area contributed by atoms with Crippen LogP contribution in [-0.2, 0) is 0 Å². The summed E-state index contributed by atoms with van der Waals surface area (Å²) in [5, 5.41) is 6.22. The first-order chi connectivity index (χ1) is 9.24. The third-order valence-electron chi connectivity index (χ3n) is 3.90. The molecule has 1 aliphatic heterocycles. The van der Waals surface area contributed by atoms with E-state index in [2.05, 4.69) is 22.6 Å². The fraction of sp³-hybridized carbons (Fsp3) is 0.933. The Balaban J connectivity index is 0.000000861. The molecule has 0 unspecified atom stereocenters. The lowest BCUT2D eigenvalue weighted by Crippen LogP contribution is -2.51. The van der Waals surface area contributed by atoms with Crippen LogP contribution >= 0.6 is 0 Å². The number of nitrogens with zero attached hydrogens (tertiary/aromatic N) is 1. The number of hydrogen-bond donors (Lipinski definition) is 2. The third kappa shape index (κ3) is 6.28. The summed E-state index contributed by atoms with van der Waals surface area (Å²) in [4.78, 5) is 14.1. The van der Waals surface area contributed by atoms with Gasteiger partial charge in [-0.25, -0.2) is 4.79 Å². The Labute approximate surface area is 118 Å². The van der Waals surface area contributed by atoms with Gasteiger partial charge in [0.25, 0.3) is 0 Å². The molecule has 1 aliphatic carbocycles. The molecule has 1 saturated heterocycles. The van der Waals surface area contributed by atoms with E-state index in [1.165, 1.54) is 25.7 Å². The summed E-state index contributed by atoms with van der Waals surface area (Å²) < 4.78 is 0. The number of carbonyl (C=O) groups is 1. The molecule has 0 aromatic carbocycles. The molecule has 0 aromatic heterocycles. The minimum Gasteiger partial charge on any atom is -0.335 e. The van der Waals surface area contributed by atoms with Crippen molar-refractivity contribution in [2.75, 3.05) is 20.1 Å². The van der Waals surface area contributed by atoms with Crippen LogP contribution in [0.1, 0.15) is 58.8 Å². The largest absolute Gasteiger partial charge is 0.335 e. The zero-order chi connectivity index (χ0) is 14.1. The number of hydrogen-bond acceptors (Lipinski definition) is 2. The molecule has 0 radical (unpaired) electrons. The molecule has 1 saturated carbocycles. The number of piperidine rings is 1. The van der Waals surface area contributed by atoms with Crippen molar-refractivity contribution in [2.24, 2.45) is 0 Å². The van der Waals surface area contributed by atoms with Gasteiger partial charge in [0.15, 0.2) is 0 Å². The van der Waals surface area contributed by atoms with E-state index in [4.69, 9.17) is 0 Å². The summed E-state index contributed by atoms with van der Waals surface area (Å²) in [5.41, 5.74) is 0. The number of amides is 2. The quantitative estimate of drug-likeness (QED) is 0.809. The second-order valence-electron chi connectivity index (χ2n) is 5.55. The lowest BCUT2D eigenvalue weighted by atomic mass is 9.96. The molecule has 2 aliphatic rings. The van der Waals surface area contributed by atoms with E-state index in [1.54, 1.807) is 0 Å². The van der Waals surface area contributed by atoms with Gasteiger partial charge >= 0.3 is 6.03 Å². The monoisotopic (exact) mass is 269 g/mol. The molecule has 2 rings (SSSR count). The molecule has 0 aromatic rings. The molecule has 112 valence electrons. The van der Waals surface area contributed by atoms with E-state index >= 15 is 0 Å². The summed E-state index contributed by atoms with van der Waals surface area (Å²) in [7, 11) is 2.12. The Morgan fingerprint density at radius 2 is 1.53 bits per heavy atom. The van der Waals surface area contributed by atoms with Crippen LogP contribution in [0, 0.1) is 0 Å². The normalized spacial score (nSPS) is 25.1. The first kappa shape index (κ1) is 16.3. The maximum absolute atomic E-state index is 11.8. The molecule has 0 spiro atoms. The van der Waals surface area contributed by atoms with Crippen molar-refractivity contribution in [3.8, 4) is 0 Å². The topological polar surface area (TPSA) is 44.4 Å². The zero-order valence-corrected chi connectivity index (χ0v) is 12.9. The van der Waals surface area contributed by atoms with Crippen LogP contribution in [-0.4, -0.2) is 43.2 Å². The van der Waals surface area contributed by atoms with E-state index in [9.17, 15) is 4.79 Å².